The molecule has 2 aromatic rings. The molecule has 0 amide bonds. The fourth-order valence-corrected chi connectivity index (χ4v) is 3.22. The van der Waals surface area contributed by atoms with Gasteiger partial charge in [0.1, 0.15) is 0 Å². The standard InChI is InChI=1S/C19H13NO2/c21-18-12-6-1-2-7-13(12)19(22)17-14(8-5-9-15(17)18)16-10-3-4-11-20-16/h1-7,9-11,14H,8H2. The highest BCUT2D eigenvalue weighted by Gasteiger charge is 2.36. The first-order valence-electron chi connectivity index (χ1n) is 7.27. The lowest BCUT2D eigenvalue weighted by Gasteiger charge is -2.27. The third-order valence-electron chi connectivity index (χ3n) is 4.25. The van der Waals surface area contributed by atoms with Gasteiger partial charge >= 0.3 is 0 Å². The van der Waals surface area contributed by atoms with Crippen molar-refractivity contribution < 1.29 is 9.59 Å². The summed E-state index contributed by atoms with van der Waals surface area (Å²) in [5.41, 5.74) is 2.94. The molecule has 1 aromatic carbocycles. The molecule has 22 heavy (non-hydrogen) atoms. The van der Waals surface area contributed by atoms with Crippen molar-refractivity contribution in [3.8, 4) is 0 Å². The van der Waals surface area contributed by atoms with Gasteiger partial charge in [-0.1, -0.05) is 42.5 Å². The van der Waals surface area contributed by atoms with Crippen LogP contribution in [0, 0.1) is 0 Å². The van der Waals surface area contributed by atoms with Gasteiger partial charge in [0.25, 0.3) is 0 Å². The van der Waals surface area contributed by atoms with Crippen LogP contribution in [0.4, 0.5) is 0 Å². The van der Waals surface area contributed by atoms with E-state index in [0.29, 0.717) is 28.7 Å². The highest BCUT2D eigenvalue weighted by atomic mass is 16.1. The molecule has 2 aliphatic carbocycles. The van der Waals surface area contributed by atoms with Gasteiger partial charge in [0.15, 0.2) is 11.6 Å². The van der Waals surface area contributed by atoms with Crippen molar-refractivity contribution in [1.29, 1.82) is 0 Å². The highest BCUT2D eigenvalue weighted by molar-refractivity contribution is 6.28. The number of carbonyl (C=O) groups excluding carboxylic acids is 2. The van der Waals surface area contributed by atoms with Crippen molar-refractivity contribution in [3.63, 3.8) is 0 Å². The molecule has 0 saturated heterocycles. The maximum atomic E-state index is 12.9. The number of nitrogens with zero attached hydrogens (tertiary/aromatic N) is 1. The van der Waals surface area contributed by atoms with Gasteiger partial charge in [0, 0.05) is 40.1 Å². The van der Waals surface area contributed by atoms with E-state index in [9.17, 15) is 9.59 Å². The van der Waals surface area contributed by atoms with Crippen molar-refractivity contribution in [2.45, 2.75) is 12.3 Å². The molecule has 0 fully saturated rings. The predicted octanol–water partition coefficient (Wildman–Crippen LogP) is 3.50. The van der Waals surface area contributed by atoms with Crippen molar-refractivity contribution in [2.75, 3.05) is 0 Å². The average molecular weight is 287 g/mol. The van der Waals surface area contributed by atoms with E-state index in [1.54, 1.807) is 36.5 Å². The zero-order valence-electron chi connectivity index (χ0n) is 11.8. The van der Waals surface area contributed by atoms with Crippen molar-refractivity contribution in [2.24, 2.45) is 0 Å². The van der Waals surface area contributed by atoms with E-state index in [1.165, 1.54) is 0 Å². The summed E-state index contributed by atoms with van der Waals surface area (Å²) >= 11 is 0. The first-order chi connectivity index (χ1) is 10.8. The molecule has 0 N–H and O–H groups in total. The number of aromatic nitrogens is 1. The minimum Gasteiger partial charge on any atom is -0.289 e. The molecule has 4 rings (SSSR count). The summed E-state index contributed by atoms with van der Waals surface area (Å²) in [6.45, 7) is 0. The number of carbonyl (C=O) groups is 2. The Labute approximate surface area is 128 Å². The van der Waals surface area contributed by atoms with E-state index >= 15 is 0 Å². The van der Waals surface area contributed by atoms with E-state index < -0.39 is 0 Å². The third kappa shape index (κ3) is 1.79. The Morgan fingerprint density at radius 3 is 2.36 bits per heavy atom. The monoisotopic (exact) mass is 287 g/mol. The Kier molecular flexibility index (Phi) is 2.86. The molecule has 2 aliphatic rings. The molecular formula is C19H13NO2. The van der Waals surface area contributed by atoms with Crippen molar-refractivity contribution in [3.05, 3.63) is 88.8 Å². The van der Waals surface area contributed by atoms with Crippen LogP contribution in [-0.4, -0.2) is 16.6 Å². The van der Waals surface area contributed by atoms with Crippen LogP contribution in [0.1, 0.15) is 38.7 Å². The van der Waals surface area contributed by atoms with Gasteiger partial charge in [0.05, 0.1) is 0 Å². The van der Waals surface area contributed by atoms with Gasteiger partial charge in [0.2, 0.25) is 0 Å². The molecule has 0 bridgehead atoms. The topological polar surface area (TPSA) is 47.0 Å². The Morgan fingerprint density at radius 2 is 1.64 bits per heavy atom. The Hall–Kier alpha value is -2.81. The fraction of sp³-hybridized carbons (Fsp3) is 0.105. The number of hydrogen-bond donors (Lipinski definition) is 0. The van der Waals surface area contributed by atoms with Crippen LogP contribution in [0.2, 0.25) is 0 Å². The molecule has 3 heteroatoms. The number of fused-ring (bicyclic) bond motifs is 1. The lowest BCUT2D eigenvalue weighted by molar-refractivity contribution is 0.0971. The lowest BCUT2D eigenvalue weighted by Crippen LogP contribution is -2.26. The lowest BCUT2D eigenvalue weighted by atomic mass is 9.74. The molecule has 0 aliphatic heterocycles. The third-order valence-corrected chi connectivity index (χ3v) is 4.25. The van der Waals surface area contributed by atoms with Crippen LogP contribution in [0.25, 0.3) is 0 Å². The SMILES string of the molecule is O=C1C2=C(C(=O)c3ccccc31)C(c1ccccn1)CC=C2. The van der Waals surface area contributed by atoms with Crippen molar-refractivity contribution in [1.82, 2.24) is 4.98 Å². The maximum Gasteiger partial charge on any atom is 0.194 e. The molecule has 1 unspecified atom stereocenters. The van der Waals surface area contributed by atoms with Crippen LogP contribution in [0.5, 0.6) is 0 Å². The average Bonchev–Trinajstić information content (AvgIpc) is 2.60. The van der Waals surface area contributed by atoms with Gasteiger partial charge in [-0.15, -0.1) is 0 Å². The Morgan fingerprint density at radius 1 is 0.909 bits per heavy atom. The van der Waals surface area contributed by atoms with E-state index in [4.69, 9.17) is 0 Å². The van der Waals surface area contributed by atoms with Crippen molar-refractivity contribution >= 4 is 11.6 Å². The second kappa shape index (κ2) is 4.88. The summed E-state index contributed by atoms with van der Waals surface area (Å²) in [6.07, 6.45) is 6.15. The maximum absolute atomic E-state index is 12.9. The molecule has 106 valence electrons. The number of benzene rings is 1. The minimum atomic E-state index is -0.147. The van der Waals surface area contributed by atoms with Gasteiger partial charge in [-0.3, -0.25) is 14.6 Å². The fourth-order valence-electron chi connectivity index (χ4n) is 3.22. The summed E-state index contributed by atoms with van der Waals surface area (Å²) in [5.74, 6) is -0.265. The van der Waals surface area contributed by atoms with E-state index in [0.717, 1.165) is 5.69 Å². The summed E-state index contributed by atoms with van der Waals surface area (Å²) in [5, 5.41) is 0. The Balaban J connectivity index is 1.91. The van der Waals surface area contributed by atoms with E-state index in [-0.39, 0.29) is 17.5 Å². The number of pyridine rings is 1. The molecule has 0 saturated carbocycles. The largest absolute Gasteiger partial charge is 0.289 e. The van der Waals surface area contributed by atoms with Crippen LogP contribution in [0.15, 0.2) is 72.0 Å². The van der Waals surface area contributed by atoms with E-state index in [1.807, 2.05) is 24.3 Å². The number of Topliss-reactive ketones (excluding diaryl/α,β-unsaturated/α-hetero) is 2. The second-order valence-corrected chi connectivity index (χ2v) is 5.48. The molecule has 0 spiro atoms. The number of ketones is 2. The van der Waals surface area contributed by atoms with Gasteiger partial charge in [-0.05, 0) is 18.6 Å². The van der Waals surface area contributed by atoms with Gasteiger partial charge in [-0.2, -0.15) is 0 Å². The van der Waals surface area contributed by atoms with Gasteiger partial charge in [-0.25, -0.2) is 0 Å². The summed E-state index contributed by atoms with van der Waals surface area (Å²) in [7, 11) is 0. The quantitative estimate of drug-likeness (QED) is 0.806. The number of hydrogen-bond acceptors (Lipinski definition) is 3. The molecule has 3 nitrogen and oxygen atoms in total. The highest BCUT2D eigenvalue weighted by Crippen LogP contribution is 2.39. The van der Waals surface area contributed by atoms with Crippen LogP contribution < -0.4 is 0 Å². The summed E-state index contributed by atoms with van der Waals surface area (Å²) < 4.78 is 0. The molecule has 1 aromatic heterocycles. The second-order valence-electron chi connectivity index (χ2n) is 5.48. The van der Waals surface area contributed by atoms with E-state index in [2.05, 4.69) is 4.98 Å². The molecule has 1 atom stereocenters. The molecule has 0 radical (unpaired) electrons. The number of rotatable bonds is 1. The predicted molar refractivity (Wildman–Crippen MR) is 82.9 cm³/mol. The van der Waals surface area contributed by atoms with Gasteiger partial charge < -0.3 is 0 Å². The first kappa shape index (κ1) is 12.9. The zero-order chi connectivity index (χ0) is 15.1. The normalized spacial score (nSPS) is 19.9. The molecular weight excluding hydrogens is 274 g/mol. The minimum absolute atomic E-state index is 0.0507. The first-order valence-corrected chi connectivity index (χ1v) is 7.27. The summed E-state index contributed by atoms with van der Waals surface area (Å²) in [6, 6.07) is 12.7. The number of allylic oxidation sites excluding steroid dienone is 4. The zero-order valence-corrected chi connectivity index (χ0v) is 11.8. The summed E-state index contributed by atoms with van der Waals surface area (Å²) in [4.78, 5) is 30.0. The van der Waals surface area contributed by atoms with Crippen LogP contribution in [0.3, 0.4) is 0 Å². The Bertz CT molecular complexity index is 847. The smallest absolute Gasteiger partial charge is 0.194 e. The van der Waals surface area contributed by atoms with Crippen LogP contribution >= 0.6 is 0 Å². The van der Waals surface area contributed by atoms with Crippen LogP contribution in [-0.2, 0) is 0 Å². The molecule has 1 heterocycles.